The second kappa shape index (κ2) is 5.43. The van der Waals surface area contributed by atoms with Crippen LogP contribution in [-0.2, 0) is 0 Å². The fourth-order valence-electron chi connectivity index (χ4n) is 2.02. The lowest BCUT2D eigenvalue weighted by Gasteiger charge is -2.26. The van der Waals surface area contributed by atoms with Gasteiger partial charge in [0.25, 0.3) is 0 Å². The average molecular weight is 244 g/mol. The molecule has 16 heavy (non-hydrogen) atoms. The van der Waals surface area contributed by atoms with E-state index in [9.17, 15) is 4.39 Å². The first-order chi connectivity index (χ1) is 7.75. The van der Waals surface area contributed by atoms with Gasteiger partial charge in [0.15, 0.2) is 5.82 Å². The van der Waals surface area contributed by atoms with Gasteiger partial charge in [-0.15, -0.1) is 11.6 Å². The van der Waals surface area contributed by atoms with Crippen LogP contribution in [0.2, 0.25) is 0 Å². The van der Waals surface area contributed by atoms with E-state index in [0.29, 0.717) is 11.9 Å². The number of hydrogen-bond acceptors (Lipinski definition) is 3. The van der Waals surface area contributed by atoms with Gasteiger partial charge < -0.3 is 5.32 Å². The summed E-state index contributed by atoms with van der Waals surface area (Å²) in [5.74, 6) is 0.512. The Labute approximate surface area is 99.4 Å². The Bertz CT molecular complexity index is 331. The lowest BCUT2D eigenvalue weighted by atomic mass is 9.89. The third kappa shape index (κ3) is 3.04. The molecule has 5 heteroatoms. The molecule has 0 aromatic carbocycles. The van der Waals surface area contributed by atoms with Crippen LogP contribution in [-0.4, -0.2) is 21.9 Å². The van der Waals surface area contributed by atoms with Gasteiger partial charge in [-0.25, -0.2) is 14.4 Å². The molecular weight excluding hydrogens is 229 g/mol. The highest BCUT2D eigenvalue weighted by Crippen LogP contribution is 2.28. The largest absolute Gasteiger partial charge is 0.354 e. The molecule has 2 rings (SSSR count). The highest BCUT2D eigenvalue weighted by Gasteiger charge is 2.22. The van der Waals surface area contributed by atoms with Gasteiger partial charge in [0.1, 0.15) is 0 Å². The van der Waals surface area contributed by atoms with Crippen LogP contribution in [0.3, 0.4) is 0 Å². The van der Waals surface area contributed by atoms with Crippen molar-refractivity contribution in [3.05, 3.63) is 18.2 Å². The van der Waals surface area contributed by atoms with Crippen LogP contribution in [0.4, 0.5) is 10.3 Å². The van der Waals surface area contributed by atoms with Crippen LogP contribution in [0.15, 0.2) is 12.4 Å². The van der Waals surface area contributed by atoms with E-state index in [2.05, 4.69) is 15.3 Å². The van der Waals surface area contributed by atoms with Crippen LogP contribution in [0.5, 0.6) is 0 Å². The summed E-state index contributed by atoms with van der Waals surface area (Å²) in [5, 5.41) is 3.34. The number of anilines is 1. The number of halogens is 2. The van der Waals surface area contributed by atoms with Crippen molar-refractivity contribution >= 4 is 17.5 Å². The zero-order valence-corrected chi connectivity index (χ0v) is 9.75. The minimum atomic E-state index is -0.418. The SMILES string of the molecule is Fc1cnc(NCC2CCCCC2Cl)nc1. The maximum atomic E-state index is 12.6. The molecular formula is C11H15ClFN3. The van der Waals surface area contributed by atoms with E-state index >= 15 is 0 Å². The van der Waals surface area contributed by atoms with E-state index in [4.69, 9.17) is 11.6 Å². The zero-order valence-electron chi connectivity index (χ0n) is 9.00. The lowest BCUT2D eigenvalue weighted by Crippen LogP contribution is -2.27. The average Bonchev–Trinajstić information content (AvgIpc) is 2.30. The van der Waals surface area contributed by atoms with E-state index in [1.54, 1.807) is 0 Å². The summed E-state index contributed by atoms with van der Waals surface area (Å²) in [6.07, 6.45) is 7.00. The van der Waals surface area contributed by atoms with Crippen molar-refractivity contribution in [2.24, 2.45) is 5.92 Å². The molecule has 1 saturated carbocycles. The highest BCUT2D eigenvalue weighted by molar-refractivity contribution is 6.20. The lowest BCUT2D eigenvalue weighted by molar-refractivity contribution is 0.380. The number of alkyl halides is 1. The van der Waals surface area contributed by atoms with Gasteiger partial charge in [-0.05, 0) is 18.8 Å². The van der Waals surface area contributed by atoms with Crippen molar-refractivity contribution in [2.45, 2.75) is 31.1 Å². The van der Waals surface area contributed by atoms with E-state index in [1.807, 2.05) is 0 Å². The summed E-state index contributed by atoms with van der Waals surface area (Å²) in [7, 11) is 0. The standard InChI is InChI=1S/C11H15ClFN3/c12-10-4-2-1-3-8(10)5-14-11-15-6-9(13)7-16-11/h6-8,10H,1-5H2,(H,14,15,16). The minimum absolute atomic E-state index is 0.238. The summed E-state index contributed by atoms with van der Waals surface area (Å²) in [5.41, 5.74) is 0. The second-order valence-electron chi connectivity index (χ2n) is 4.17. The summed E-state index contributed by atoms with van der Waals surface area (Å²) in [4.78, 5) is 7.69. The molecule has 0 amide bonds. The van der Waals surface area contributed by atoms with Gasteiger partial charge in [-0.3, -0.25) is 0 Å². The van der Waals surface area contributed by atoms with E-state index < -0.39 is 5.82 Å². The summed E-state index contributed by atoms with van der Waals surface area (Å²) in [6, 6.07) is 0. The quantitative estimate of drug-likeness (QED) is 0.830. The topological polar surface area (TPSA) is 37.8 Å². The molecule has 1 aromatic heterocycles. The molecule has 2 unspecified atom stereocenters. The highest BCUT2D eigenvalue weighted by atomic mass is 35.5. The van der Waals surface area contributed by atoms with Gasteiger partial charge in [0, 0.05) is 11.9 Å². The smallest absolute Gasteiger partial charge is 0.222 e. The Balaban J connectivity index is 1.84. The van der Waals surface area contributed by atoms with Crippen molar-refractivity contribution in [3.63, 3.8) is 0 Å². The first-order valence-electron chi connectivity index (χ1n) is 5.61. The maximum Gasteiger partial charge on any atom is 0.222 e. The fraction of sp³-hybridized carbons (Fsp3) is 0.636. The van der Waals surface area contributed by atoms with Crippen molar-refractivity contribution in [1.82, 2.24) is 9.97 Å². The molecule has 3 nitrogen and oxygen atoms in total. The molecule has 1 aliphatic carbocycles. The van der Waals surface area contributed by atoms with Crippen LogP contribution < -0.4 is 5.32 Å². The van der Waals surface area contributed by atoms with Gasteiger partial charge in [0.2, 0.25) is 5.95 Å². The van der Waals surface area contributed by atoms with E-state index in [1.165, 1.54) is 12.8 Å². The number of aromatic nitrogens is 2. The van der Waals surface area contributed by atoms with Crippen LogP contribution in [0.25, 0.3) is 0 Å². The fourth-order valence-corrected chi connectivity index (χ4v) is 2.39. The number of rotatable bonds is 3. The molecule has 0 radical (unpaired) electrons. The summed E-state index contributed by atoms with van der Waals surface area (Å²) < 4.78 is 12.6. The zero-order chi connectivity index (χ0) is 11.4. The first-order valence-corrected chi connectivity index (χ1v) is 6.05. The Morgan fingerprint density at radius 1 is 1.31 bits per heavy atom. The third-order valence-corrected chi connectivity index (χ3v) is 3.53. The predicted molar refractivity (Wildman–Crippen MR) is 62.1 cm³/mol. The molecule has 2 atom stereocenters. The third-order valence-electron chi connectivity index (χ3n) is 2.96. The molecule has 1 aromatic rings. The number of nitrogens with one attached hydrogen (secondary N) is 1. The molecule has 88 valence electrons. The van der Waals surface area contributed by atoms with Crippen molar-refractivity contribution in [1.29, 1.82) is 0 Å². The van der Waals surface area contributed by atoms with Crippen LogP contribution in [0, 0.1) is 11.7 Å². The first kappa shape index (κ1) is 11.6. The monoisotopic (exact) mass is 243 g/mol. The van der Waals surface area contributed by atoms with E-state index in [0.717, 1.165) is 31.8 Å². The van der Waals surface area contributed by atoms with Crippen molar-refractivity contribution in [3.8, 4) is 0 Å². The molecule has 0 aliphatic heterocycles. The normalized spacial score (nSPS) is 25.4. The number of nitrogens with zero attached hydrogens (tertiary/aromatic N) is 2. The Kier molecular flexibility index (Phi) is 3.93. The molecule has 1 fully saturated rings. The Morgan fingerprint density at radius 3 is 2.69 bits per heavy atom. The maximum absolute atomic E-state index is 12.6. The molecule has 0 spiro atoms. The minimum Gasteiger partial charge on any atom is -0.354 e. The Morgan fingerprint density at radius 2 is 2.00 bits per heavy atom. The van der Waals surface area contributed by atoms with Crippen LogP contribution >= 0.6 is 11.6 Å². The second-order valence-corrected chi connectivity index (χ2v) is 4.73. The van der Waals surface area contributed by atoms with Gasteiger partial charge in [-0.1, -0.05) is 12.8 Å². The summed E-state index contributed by atoms with van der Waals surface area (Å²) in [6.45, 7) is 0.764. The van der Waals surface area contributed by atoms with Gasteiger partial charge >= 0.3 is 0 Å². The van der Waals surface area contributed by atoms with Crippen molar-refractivity contribution < 1.29 is 4.39 Å². The van der Waals surface area contributed by atoms with Gasteiger partial charge in [0.05, 0.1) is 12.4 Å². The van der Waals surface area contributed by atoms with Gasteiger partial charge in [-0.2, -0.15) is 0 Å². The summed E-state index contributed by atoms with van der Waals surface area (Å²) >= 11 is 6.23. The number of hydrogen-bond donors (Lipinski definition) is 1. The Hall–Kier alpha value is -0.900. The molecule has 1 heterocycles. The van der Waals surface area contributed by atoms with E-state index in [-0.39, 0.29) is 5.38 Å². The predicted octanol–water partition coefficient (Wildman–Crippen LogP) is 2.83. The molecule has 0 bridgehead atoms. The molecule has 1 aliphatic rings. The van der Waals surface area contributed by atoms with Crippen molar-refractivity contribution in [2.75, 3.05) is 11.9 Å². The molecule has 1 N–H and O–H groups in total. The molecule has 0 saturated heterocycles. The van der Waals surface area contributed by atoms with Crippen LogP contribution in [0.1, 0.15) is 25.7 Å².